The Labute approximate surface area is 261 Å². The molecular formula is C38H21ClN4S. The van der Waals surface area contributed by atoms with Gasteiger partial charge in [0.1, 0.15) is 0 Å². The highest BCUT2D eigenvalue weighted by Gasteiger charge is 2.17. The van der Waals surface area contributed by atoms with Crippen LogP contribution in [0.1, 0.15) is 0 Å². The highest BCUT2D eigenvalue weighted by atomic mass is 35.5. The van der Waals surface area contributed by atoms with E-state index < -0.39 is 0 Å². The normalized spacial score (nSPS) is 11.8. The SMILES string of the molecule is Clc1nc(-c2ccc(-c3nc(-c4cc5ccccc5c5ccccc45)c4ccccc4n3)cc2)c2sc3ccccc3c2n1. The molecule has 0 radical (unpaired) electrons. The van der Waals surface area contributed by atoms with E-state index in [4.69, 9.17) is 21.6 Å². The highest BCUT2D eigenvalue weighted by molar-refractivity contribution is 7.26. The van der Waals surface area contributed by atoms with Gasteiger partial charge >= 0.3 is 0 Å². The van der Waals surface area contributed by atoms with Gasteiger partial charge in [-0.25, -0.2) is 19.9 Å². The Bertz CT molecular complexity index is 2570. The van der Waals surface area contributed by atoms with Crippen LogP contribution in [0.4, 0.5) is 0 Å². The number of halogens is 1. The molecule has 0 N–H and O–H groups in total. The van der Waals surface area contributed by atoms with Gasteiger partial charge in [-0.15, -0.1) is 11.3 Å². The standard InChI is InChI=1S/C38H21ClN4S/c39-38-42-33(36-35(43-38)29-14-6-8-16-32(29)44-36)22-17-19-23(20-18-22)37-40-31-15-7-5-13-28(31)34(41-37)30-21-24-9-1-2-10-25(24)26-11-3-4-12-27(26)30/h1-21H. The molecule has 3 heterocycles. The topological polar surface area (TPSA) is 51.6 Å². The number of hydrogen-bond donors (Lipinski definition) is 0. The number of para-hydroxylation sites is 1. The fourth-order valence-electron chi connectivity index (χ4n) is 6.20. The van der Waals surface area contributed by atoms with Crippen molar-refractivity contribution in [2.24, 2.45) is 0 Å². The van der Waals surface area contributed by atoms with Crippen molar-refractivity contribution < 1.29 is 0 Å². The average Bonchev–Trinajstić information content (AvgIpc) is 3.45. The van der Waals surface area contributed by atoms with Crippen LogP contribution in [0.3, 0.4) is 0 Å². The maximum absolute atomic E-state index is 6.43. The van der Waals surface area contributed by atoms with Crippen molar-refractivity contribution in [2.45, 2.75) is 0 Å². The zero-order chi connectivity index (χ0) is 29.2. The minimum absolute atomic E-state index is 0.241. The molecule has 0 aliphatic carbocycles. The lowest BCUT2D eigenvalue weighted by atomic mass is 9.94. The molecule has 206 valence electrons. The largest absolute Gasteiger partial charge is 0.228 e. The van der Waals surface area contributed by atoms with Crippen molar-refractivity contribution in [2.75, 3.05) is 0 Å². The molecule has 6 aromatic carbocycles. The summed E-state index contributed by atoms with van der Waals surface area (Å²) in [5.74, 6) is 0.676. The van der Waals surface area contributed by atoms with Crippen LogP contribution in [-0.4, -0.2) is 19.9 Å². The molecule has 0 aliphatic heterocycles. The van der Waals surface area contributed by atoms with Crippen molar-refractivity contribution in [3.63, 3.8) is 0 Å². The van der Waals surface area contributed by atoms with Crippen LogP contribution in [-0.2, 0) is 0 Å². The van der Waals surface area contributed by atoms with E-state index in [0.29, 0.717) is 5.82 Å². The summed E-state index contributed by atoms with van der Waals surface area (Å²) in [6.45, 7) is 0. The van der Waals surface area contributed by atoms with E-state index in [0.717, 1.165) is 59.3 Å². The van der Waals surface area contributed by atoms with Crippen molar-refractivity contribution in [3.05, 3.63) is 133 Å². The van der Waals surface area contributed by atoms with E-state index in [1.54, 1.807) is 11.3 Å². The second-order valence-corrected chi connectivity index (χ2v) is 12.2. The van der Waals surface area contributed by atoms with Crippen LogP contribution in [0, 0.1) is 0 Å². The van der Waals surface area contributed by atoms with Crippen molar-refractivity contribution in [1.29, 1.82) is 0 Å². The third-order valence-electron chi connectivity index (χ3n) is 8.24. The number of thiophene rings is 1. The molecule has 0 saturated carbocycles. The lowest BCUT2D eigenvalue weighted by Gasteiger charge is -2.14. The van der Waals surface area contributed by atoms with Gasteiger partial charge in [-0.2, -0.15) is 0 Å². The summed E-state index contributed by atoms with van der Waals surface area (Å²) in [5, 5.41) is 7.16. The van der Waals surface area contributed by atoms with Gasteiger partial charge in [0.2, 0.25) is 5.28 Å². The summed E-state index contributed by atoms with van der Waals surface area (Å²) in [6, 6.07) is 44.1. The Hall–Kier alpha value is -5.23. The lowest BCUT2D eigenvalue weighted by Crippen LogP contribution is -1.96. The smallest absolute Gasteiger partial charge is 0.223 e. The highest BCUT2D eigenvalue weighted by Crippen LogP contribution is 2.40. The quantitative estimate of drug-likeness (QED) is 0.149. The van der Waals surface area contributed by atoms with Gasteiger partial charge in [0, 0.05) is 32.2 Å². The first-order valence-electron chi connectivity index (χ1n) is 14.3. The number of fused-ring (bicyclic) bond motifs is 7. The molecule has 44 heavy (non-hydrogen) atoms. The monoisotopic (exact) mass is 600 g/mol. The number of nitrogens with zero attached hydrogens (tertiary/aromatic N) is 4. The molecule has 0 saturated heterocycles. The minimum atomic E-state index is 0.241. The van der Waals surface area contributed by atoms with Crippen molar-refractivity contribution >= 4 is 75.7 Å². The summed E-state index contributed by atoms with van der Waals surface area (Å²) in [4.78, 5) is 19.5. The zero-order valence-electron chi connectivity index (χ0n) is 23.2. The van der Waals surface area contributed by atoms with Gasteiger partial charge in [-0.05, 0) is 51.3 Å². The molecule has 9 aromatic rings. The molecule has 0 amide bonds. The van der Waals surface area contributed by atoms with E-state index in [2.05, 4.69) is 119 Å². The van der Waals surface area contributed by atoms with E-state index >= 15 is 0 Å². The molecule has 0 bridgehead atoms. The lowest BCUT2D eigenvalue weighted by molar-refractivity contribution is 1.22. The molecule has 9 rings (SSSR count). The maximum Gasteiger partial charge on any atom is 0.223 e. The molecule has 6 heteroatoms. The van der Waals surface area contributed by atoms with Gasteiger partial charge < -0.3 is 0 Å². The number of aromatic nitrogens is 4. The number of hydrogen-bond acceptors (Lipinski definition) is 5. The predicted octanol–water partition coefficient (Wildman–Crippen LogP) is 10.7. The average molecular weight is 601 g/mol. The number of rotatable bonds is 3. The molecular weight excluding hydrogens is 580 g/mol. The molecule has 0 aliphatic rings. The predicted molar refractivity (Wildman–Crippen MR) is 184 cm³/mol. The summed E-state index contributed by atoms with van der Waals surface area (Å²) in [7, 11) is 0. The first-order chi connectivity index (χ1) is 21.7. The van der Waals surface area contributed by atoms with Crippen LogP contribution < -0.4 is 0 Å². The Balaban J connectivity index is 1.22. The van der Waals surface area contributed by atoms with Gasteiger partial charge in [-0.1, -0.05) is 109 Å². The Kier molecular flexibility index (Phi) is 5.70. The summed E-state index contributed by atoms with van der Waals surface area (Å²) in [6.07, 6.45) is 0. The van der Waals surface area contributed by atoms with Crippen molar-refractivity contribution in [3.8, 4) is 33.9 Å². The van der Waals surface area contributed by atoms with Crippen LogP contribution in [0.2, 0.25) is 5.28 Å². The fourth-order valence-corrected chi connectivity index (χ4v) is 7.52. The third-order valence-corrected chi connectivity index (χ3v) is 9.57. The molecule has 4 nitrogen and oxygen atoms in total. The van der Waals surface area contributed by atoms with Crippen LogP contribution in [0.25, 0.3) is 86.7 Å². The molecule has 3 aromatic heterocycles. The van der Waals surface area contributed by atoms with Gasteiger partial charge in [-0.3, -0.25) is 0 Å². The molecule has 0 unspecified atom stereocenters. The maximum atomic E-state index is 6.43. The third kappa shape index (κ3) is 3.98. The second kappa shape index (κ2) is 9.91. The Morgan fingerprint density at radius 2 is 1.16 bits per heavy atom. The van der Waals surface area contributed by atoms with E-state index in [-0.39, 0.29) is 5.28 Å². The first kappa shape index (κ1) is 25.3. The van der Waals surface area contributed by atoms with E-state index in [9.17, 15) is 0 Å². The first-order valence-corrected chi connectivity index (χ1v) is 15.5. The minimum Gasteiger partial charge on any atom is -0.228 e. The second-order valence-electron chi connectivity index (χ2n) is 10.8. The fraction of sp³-hybridized carbons (Fsp3) is 0. The molecule has 0 spiro atoms. The zero-order valence-corrected chi connectivity index (χ0v) is 24.8. The van der Waals surface area contributed by atoms with Gasteiger partial charge in [0.15, 0.2) is 5.82 Å². The summed E-state index contributed by atoms with van der Waals surface area (Å²) < 4.78 is 2.19. The van der Waals surface area contributed by atoms with Crippen molar-refractivity contribution in [1.82, 2.24) is 19.9 Å². The molecule has 0 fully saturated rings. The Morgan fingerprint density at radius 1 is 0.500 bits per heavy atom. The van der Waals surface area contributed by atoms with Crippen LogP contribution in [0.15, 0.2) is 127 Å². The van der Waals surface area contributed by atoms with Crippen LogP contribution >= 0.6 is 22.9 Å². The molecule has 0 atom stereocenters. The summed E-state index contributed by atoms with van der Waals surface area (Å²) >= 11 is 8.12. The van der Waals surface area contributed by atoms with E-state index in [1.807, 2.05) is 18.2 Å². The van der Waals surface area contributed by atoms with Crippen LogP contribution in [0.5, 0.6) is 0 Å². The van der Waals surface area contributed by atoms with Gasteiger partial charge in [0.05, 0.1) is 27.1 Å². The van der Waals surface area contributed by atoms with E-state index in [1.165, 1.54) is 21.5 Å². The van der Waals surface area contributed by atoms with Gasteiger partial charge in [0.25, 0.3) is 0 Å². The summed E-state index contributed by atoms with van der Waals surface area (Å²) in [5.41, 5.74) is 6.54. The number of benzene rings is 6. The Morgan fingerprint density at radius 3 is 2.00 bits per heavy atom.